The number of anilines is 2. The molecule has 7 nitrogen and oxygen atoms in total. The molecule has 10 heteroatoms. The maximum absolute atomic E-state index is 14.2. The van der Waals surface area contributed by atoms with Crippen LogP contribution in [0.3, 0.4) is 0 Å². The van der Waals surface area contributed by atoms with Crippen LogP contribution in [0.1, 0.15) is 34.5 Å². The molecule has 0 atom stereocenters. The summed E-state index contributed by atoms with van der Waals surface area (Å²) in [7, 11) is 5.83. The highest BCUT2D eigenvalue weighted by Gasteiger charge is 2.35. The smallest absolute Gasteiger partial charge is 0.397 e. The largest absolute Gasteiger partial charge is 0.417 e. The molecule has 0 amide bonds. The average Bonchev–Trinajstić information content (AvgIpc) is 3.55. The first-order valence-corrected chi connectivity index (χ1v) is 13.5. The highest BCUT2D eigenvalue weighted by atomic mass is 19.4. The number of nitrogen functional groups attached to an aromatic ring is 1. The van der Waals surface area contributed by atoms with E-state index in [2.05, 4.69) is 28.9 Å². The van der Waals surface area contributed by atoms with Crippen molar-refractivity contribution >= 4 is 33.7 Å². The van der Waals surface area contributed by atoms with E-state index >= 15 is 0 Å². The molecule has 4 heterocycles. The molecule has 0 saturated carbocycles. The maximum atomic E-state index is 14.2. The van der Waals surface area contributed by atoms with E-state index in [9.17, 15) is 18.0 Å². The Labute approximate surface area is 235 Å². The normalized spacial score (nSPS) is 15.0. The fraction of sp³-hybridized carbons (Fsp3) is 0.290. The summed E-state index contributed by atoms with van der Waals surface area (Å²) in [6.45, 7) is 1.68. The second-order valence-electron chi connectivity index (χ2n) is 10.9. The number of piperidine rings is 1. The molecule has 0 spiro atoms. The van der Waals surface area contributed by atoms with Crippen molar-refractivity contribution in [1.29, 1.82) is 0 Å². The van der Waals surface area contributed by atoms with E-state index < -0.39 is 11.7 Å². The zero-order valence-corrected chi connectivity index (χ0v) is 23.1. The molecule has 1 fully saturated rings. The summed E-state index contributed by atoms with van der Waals surface area (Å²) < 4.78 is 45.9. The number of nitrogens with two attached hydrogens (primary N) is 1. The number of ketones is 1. The third kappa shape index (κ3) is 4.72. The predicted octanol–water partition coefficient (Wildman–Crippen LogP) is 5.86. The van der Waals surface area contributed by atoms with E-state index in [-0.39, 0.29) is 11.3 Å². The second kappa shape index (κ2) is 9.95. The number of carbonyl (C=O) groups excluding carboxylic acids is 1. The van der Waals surface area contributed by atoms with Crippen molar-refractivity contribution in [2.24, 2.45) is 7.05 Å². The summed E-state index contributed by atoms with van der Waals surface area (Å²) in [6, 6.07) is 15.0. The molecule has 5 aromatic rings. The van der Waals surface area contributed by atoms with E-state index in [0.717, 1.165) is 37.7 Å². The number of aryl methyl sites for hydroxylation is 1. The quantitative estimate of drug-likeness (QED) is 0.216. The number of fused-ring (bicyclic) bond motifs is 2. The van der Waals surface area contributed by atoms with E-state index in [4.69, 9.17) is 5.73 Å². The van der Waals surface area contributed by atoms with Crippen LogP contribution in [0.2, 0.25) is 0 Å². The number of carbonyl (C=O) groups is 1. The van der Waals surface area contributed by atoms with Crippen LogP contribution < -0.4 is 10.6 Å². The molecular weight excluding hydrogens is 529 g/mol. The number of imidazole rings is 1. The van der Waals surface area contributed by atoms with Crippen molar-refractivity contribution in [2.75, 3.05) is 37.8 Å². The second-order valence-corrected chi connectivity index (χ2v) is 10.9. The number of pyridine rings is 1. The summed E-state index contributed by atoms with van der Waals surface area (Å²) in [5, 5.41) is 0. The maximum Gasteiger partial charge on any atom is 0.417 e. The van der Waals surface area contributed by atoms with Crippen molar-refractivity contribution in [3.05, 3.63) is 83.9 Å². The Balaban J connectivity index is 1.39. The average molecular weight is 561 g/mol. The van der Waals surface area contributed by atoms with Crippen LogP contribution in [0.4, 0.5) is 24.5 Å². The lowest BCUT2D eigenvalue weighted by molar-refractivity contribution is -0.137. The highest BCUT2D eigenvalue weighted by Crippen LogP contribution is 2.41. The Morgan fingerprint density at radius 3 is 2.46 bits per heavy atom. The lowest BCUT2D eigenvalue weighted by Gasteiger charge is -2.37. The van der Waals surface area contributed by atoms with Crippen molar-refractivity contribution in [2.45, 2.75) is 25.1 Å². The van der Waals surface area contributed by atoms with Gasteiger partial charge in [-0.15, -0.1) is 0 Å². The number of hydrogen-bond donors (Lipinski definition) is 1. The van der Waals surface area contributed by atoms with Crippen LogP contribution >= 0.6 is 0 Å². The molecule has 41 heavy (non-hydrogen) atoms. The Kier molecular flexibility index (Phi) is 6.53. The van der Waals surface area contributed by atoms with Crippen molar-refractivity contribution < 1.29 is 18.0 Å². The molecular formula is C31H31F3N6O. The van der Waals surface area contributed by atoms with Gasteiger partial charge in [0.2, 0.25) is 5.78 Å². The van der Waals surface area contributed by atoms with Gasteiger partial charge in [0.1, 0.15) is 0 Å². The number of alkyl halides is 3. The Morgan fingerprint density at radius 2 is 1.76 bits per heavy atom. The molecule has 1 aliphatic rings. The fourth-order valence-corrected chi connectivity index (χ4v) is 5.91. The number of benzene rings is 2. The first kappa shape index (κ1) is 26.9. The fourth-order valence-electron chi connectivity index (χ4n) is 5.91. The van der Waals surface area contributed by atoms with E-state index in [1.807, 2.05) is 6.07 Å². The first-order chi connectivity index (χ1) is 19.5. The Bertz CT molecular complexity index is 1780. The van der Waals surface area contributed by atoms with Crippen LogP contribution in [0.25, 0.3) is 27.7 Å². The molecule has 0 aliphatic carbocycles. The molecule has 0 radical (unpaired) electrons. The number of aromatic nitrogens is 3. The molecule has 2 aromatic carbocycles. The van der Waals surface area contributed by atoms with Gasteiger partial charge in [0, 0.05) is 43.5 Å². The summed E-state index contributed by atoms with van der Waals surface area (Å²) in [5.41, 5.74) is 9.58. The standard InChI is InChI=1S/C31H31F3N6O/c1-37(2)20-10-13-39(14-11-20)28-15-19(6-7-24(28)35)30(41)27-9-8-26-21(5-4-12-40(26)27)22-16-25-29(38(3)18-36-25)17-23(22)31(32,33)34/h4-9,12,15-18,20H,10-11,13-14,35H2,1-3H3. The SMILES string of the molecule is CN(C)C1CCN(c2cc(C(=O)c3ccc4c(-c5cc6ncn(C)c6cc5C(F)(F)F)cccn34)ccc2N)CC1. The van der Waals surface area contributed by atoms with Crippen molar-refractivity contribution in [3.8, 4) is 11.1 Å². The minimum Gasteiger partial charge on any atom is -0.397 e. The van der Waals surface area contributed by atoms with Gasteiger partial charge in [-0.05, 0) is 81.0 Å². The number of halogens is 3. The number of hydrogen-bond acceptors (Lipinski definition) is 5. The van der Waals surface area contributed by atoms with E-state index in [1.54, 1.807) is 58.6 Å². The lowest BCUT2D eigenvalue weighted by Crippen LogP contribution is -2.42. The Hall–Kier alpha value is -4.31. The van der Waals surface area contributed by atoms with Crippen LogP contribution in [-0.2, 0) is 13.2 Å². The van der Waals surface area contributed by atoms with E-state index in [1.165, 1.54) is 12.4 Å². The summed E-state index contributed by atoms with van der Waals surface area (Å²) in [5.74, 6) is -0.234. The zero-order valence-electron chi connectivity index (χ0n) is 23.1. The van der Waals surface area contributed by atoms with Gasteiger partial charge in [-0.3, -0.25) is 4.79 Å². The molecule has 2 N–H and O–H groups in total. The lowest BCUT2D eigenvalue weighted by atomic mass is 9.98. The van der Waals surface area contributed by atoms with Crippen LogP contribution in [0, 0.1) is 0 Å². The van der Waals surface area contributed by atoms with Gasteiger partial charge < -0.3 is 24.5 Å². The number of rotatable bonds is 5. The topological polar surface area (TPSA) is 71.8 Å². The zero-order chi connectivity index (χ0) is 29.1. The number of nitrogens with zero attached hydrogens (tertiary/aromatic N) is 5. The molecule has 6 rings (SSSR count). The van der Waals surface area contributed by atoms with E-state index in [0.29, 0.717) is 45.1 Å². The van der Waals surface area contributed by atoms with Crippen molar-refractivity contribution in [1.82, 2.24) is 18.9 Å². The minimum atomic E-state index is -4.58. The summed E-state index contributed by atoms with van der Waals surface area (Å²) in [6.07, 6.45) is 0.618. The van der Waals surface area contributed by atoms with Gasteiger partial charge >= 0.3 is 6.18 Å². The Morgan fingerprint density at radius 1 is 1.00 bits per heavy atom. The summed E-state index contributed by atoms with van der Waals surface area (Å²) in [4.78, 5) is 22.5. The highest BCUT2D eigenvalue weighted by molar-refractivity contribution is 6.10. The third-order valence-electron chi connectivity index (χ3n) is 8.21. The summed E-state index contributed by atoms with van der Waals surface area (Å²) >= 11 is 0. The van der Waals surface area contributed by atoms with Crippen LogP contribution in [0.15, 0.2) is 67.1 Å². The van der Waals surface area contributed by atoms with Crippen LogP contribution in [0.5, 0.6) is 0 Å². The van der Waals surface area contributed by atoms with Gasteiger partial charge in [0.05, 0.1) is 45.5 Å². The minimum absolute atomic E-state index is 0.0160. The van der Waals surface area contributed by atoms with Gasteiger partial charge in [-0.1, -0.05) is 6.07 Å². The van der Waals surface area contributed by atoms with Crippen molar-refractivity contribution in [3.63, 3.8) is 0 Å². The molecule has 3 aromatic heterocycles. The van der Waals surface area contributed by atoms with Gasteiger partial charge in [0.15, 0.2) is 0 Å². The predicted molar refractivity (Wildman–Crippen MR) is 155 cm³/mol. The monoisotopic (exact) mass is 560 g/mol. The van der Waals surface area contributed by atoms with Gasteiger partial charge in [-0.25, -0.2) is 4.98 Å². The third-order valence-corrected chi connectivity index (χ3v) is 8.21. The van der Waals surface area contributed by atoms with Gasteiger partial charge in [-0.2, -0.15) is 13.2 Å². The molecule has 212 valence electrons. The van der Waals surface area contributed by atoms with Crippen LogP contribution in [-0.4, -0.2) is 57.9 Å². The molecule has 0 bridgehead atoms. The van der Waals surface area contributed by atoms with Gasteiger partial charge in [0.25, 0.3) is 0 Å². The first-order valence-electron chi connectivity index (χ1n) is 13.5. The molecule has 1 aliphatic heterocycles. The molecule has 1 saturated heterocycles. The molecule has 0 unspecified atom stereocenters.